The molecule has 1 aliphatic heterocycles. The van der Waals surface area contributed by atoms with Crippen LogP contribution in [-0.2, 0) is 13.8 Å². The lowest BCUT2D eigenvalue weighted by Crippen LogP contribution is -2.47. The number of amides is 1. The lowest BCUT2D eigenvalue weighted by atomic mass is 9.81. The fourth-order valence-corrected chi connectivity index (χ4v) is 3.87. The monoisotopic (exact) mass is 295 g/mol. The standard InChI is InChI=1S/C12H22ClNO3S/c1-11(2,3)8-12(4,5)14-7-9(6-10(14)15)18(13,16)17/h9H,6-8H2,1-5H3. The molecule has 18 heavy (non-hydrogen) atoms. The zero-order chi connectivity index (χ0) is 14.4. The van der Waals surface area contributed by atoms with E-state index in [9.17, 15) is 13.2 Å². The van der Waals surface area contributed by atoms with Crippen molar-refractivity contribution in [1.82, 2.24) is 4.90 Å². The predicted molar refractivity (Wildman–Crippen MR) is 73.0 cm³/mol. The topological polar surface area (TPSA) is 54.5 Å². The molecule has 4 nitrogen and oxygen atoms in total. The SMILES string of the molecule is CC(C)(C)CC(C)(C)N1CC(S(=O)(=O)Cl)CC1=O. The van der Waals surface area contributed by atoms with Crippen molar-refractivity contribution in [2.75, 3.05) is 6.54 Å². The summed E-state index contributed by atoms with van der Waals surface area (Å²) < 4.78 is 22.6. The second-order valence-corrected chi connectivity index (χ2v) is 9.76. The number of carbonyl (C=O) groups is 1. The summed E-state index contributed by atoms with van der Waals surface area (Å²) in [5, 5.41) is -0.772. The van der Waals surface area contributed by atoms with Crippen molar-refractivity contribution in [1.29, 1.82) is 0 Å². The molecule has 0 aliphatic carbocycles. The van der Waals surface area contributed by atoms with Crippen molar-refractivity contribution >= 4 is 25.6 Å². The summed E-state index contributed by atoms with van der Waals surface area (Å²) in [7, 11) is 1.68. The first kappa shape index (κ1) is 15.8. The number of rotatable bonds is 3. The van der Waals surface area contributed by atoms with Crippen LogP contribution in [0.1, 0.15) is 47.5 Å². The molecule has 106 valence electrons. The van der Waals surface area contributed by atoms with Gasteiger partial charge < -0.3 is 4.90 Å². The molecule has 6 heteroatoms. The molecule has 0 radical (unpaired) electrons. The van der Waals surface area contributed by atoms with Crippen LogP contribution in [0.25, 0.3) is 0 Å². The van der Waals surface area contributed by atoms with Crippen LogP contribution >= 0.6 is 10.7 Å². The molecule has 0 spiro atoms. The molecule has 1 amide bonds. The Balaban J connectivity index is 2.88. The van der Waals surface area contributed by atoms with Gasteiger partial charge in [0.25, 0.3) is 0 Å². The van der Waals surface area contributed by atoms with Gasteiger partial charge in [-0.25, -0.2) is 8.42 Å². The molecule has 1 rings (SSSR count). The highest BCUT2D eigenvalue weighted by Gasteiger charge is 2.44. The van der Waals surface area contributed by atoms with Gasteiger partial charge in [-0.05, 0) is 25.7 Å². The van der Waals surface area contributed by atoms with Crippen LogP contribution in [0, 0.1) is 5.41 Å². The first-order valence-electron chi connectivity index (χ1n) is 6.07. The smallest absolute Gasteiger partial charge is 0.237 e. The van der Waals surface area contributed by atoms with E-state index in [1.807, 2.05) is 13.8 Å². The highest BCUT2D eigenvalue weighted by Crippen LogP contribution is 2.35. The summed E-state index contributed by atoms with van der Waals surface area (Å²) in [6.45, 7) is 10.5. The molecule has 0 saturated carbocycles. The minimum absolute atomic E-state index is 0.000589. The van der Waals surface area contributed by atoms with Gasteiger partial charge in [0, 0.05) is 29.2 Å². The van der Waals surface area contributed by atoms with E-state index in [0.29, 0.717) is 0 Å². The zero-order valence-corrected chi connectivity index (χ0v) is 13.2. The summed E-state index contributed by atoms with van der Waals surface area (Å²) in [5.41, 5.74) is -0.284. The summed E-state index contributed by atoms with van der Waals surface area (Å²) in [4.78, 5) is 13.6. The average Bonchev–Trinajstić information content (AvgIpc) is 2.41. The molecule has 1 aliphatic rings. The fourth-order valence-electron chi connectivity index (χ4n) is 2.84. The molecule has 1 unspecified atom stereocenters. The van der Waals surface area contributed by atoms with Crippen molar-refractivity contribution < 1.29 is 13.2 Å². The van der Waals surface area contributed by atoms with E-state index < -0.39 is 14.3 Å². The molecule has 1 saturated heterocycles. The maximum absolute atomic E-state index is 12.0. The van der Waals surface area contributed by atoms with E-state index in [0.717, 1.165) is 6.42 Å². The molecule has 0 aromatic rings. The lowest BCUT2D eigenvalue weighted by molar-refractivity contribution is -0.133. The van der Waals surface area contributed by atoms with Gasteiger partial charge in [0.2, 0.25) is 15.0 Å². The van der Waals surface area contributed by atoms with Gasteiger partial charge in [0.1, 0.15) is 5.25 Å². The van der Waals surface area contributed by atoms with Crippen LogP contribution in [-0.4, -0.2) is 36.6 Å². The molecule has 0 aromatic carbocycles. The van der Waals surface area contributed by atoms with E-state index in [-0.39, 0.29) is 29.8 Å². The van der Waals surface area contributed by atoms with Crippen LogP contribution in [0.15, 0.2) is 0 Å². The first-order chi connectivity index (χ1) is 7.83. The Bertz CT molecular complexity index is 437. The van der Waals surface area contributed by atoms with Crippen LogP contribution < -0.4 is 0 Å². The minimum atomic E-state index is -3.66. The van der Waals surface area contributed by atoms with Crippen molar-refractivity contribution in [3.63, 3.8) is 0 Å². The summed E-state index contributed by atoms with van der Waals surface area (Å²) >= 11 is 0. The van der Waals surface area contributed by atoms with Gasteiger partial charge in [-0.1, -0.05) is 20.8 Å². The maximum atomic E-state index is 12.0. The third-order valence-corrected chi connectivity index (χ3v) is 5.05. The second kappa shape index (κ2) is 4.67. The van der Waals surface area contributed by atoms with Gasteiger partial charge in [-0.2, -0.15) is 0 Å². The van der Waals surface area contributed by atoms with Gasteiger partial charge in [0.05, 0.1) is 0 Å². The Labute approximate surface area is 114 Å². The van der Waals surface area contributed by atoms with Gasteiger partial charge >= 0.3 is 0 Å². The number of carbonyl (C=O) groups excluding carboxylic acids is 1. The Morgan fingerprint density at radius 1 is 1.28 bits per heavy atom. The Morgan fingerprint density at radius 2 is 1.78 bits per heavy atom. The van der Waals surface area contributed by atoms with Crippen LogP contribution in [0.4, 0.5) is 0 Å². The Kier molecular flexibility index (Phi) is 4.09. The third-order valence-electron chi connectivity index (χ3n) is 3.18. The molecule has 0 aromatic heterocycles. The summed E-state index contributed by atoms with van der Waals surface area (Å²) in [6, 6.07) is 0. The van der Waals surface area contributed by atoms with Gasteiger partial charge in [0.15, 0.2) is 0 Å². The Hall–Kier alpha value is -0.290. The number of hydrogen-bond acceptors (Lipinski definition) is 3. The van der Waals surface area contributed by atoms with Crippen molar-refractivity contribution in [3.05, 3.63) is 0 Å². The zero-order valence-electron chi connectivity index (χ0n) is 11.7. The van der Waals surface area contributed by atoms with Gasteiger partial charge in [-0.3, -0.25) is 4.79 Å². The number of hydrogen-bond donors (Lipinski definition) is 0. The largest absolute Gasteiger partial charge is 0.336 e. The van der Waals surface area contributed by atoms with E-state index in [1.165, 1.54) is 0 Å². The lowest BCUT2D eigenvalue weighted by Gasteiger charge is -2.40. The molecular weight excluding hydrogens is 274 g/mol. The van der Waals surface area contributed by atoms with E-state index in [2.05, 4.69) is 20.8 Å². The van der Waals surface area contributed by atoms with E-state index in [1.54, 1.807) is 4.90 Å². The molecule has 0 bridgehead atoms. The summed E-state index contributed by atoms with van der Waals surface area (Å²) in [6.07, 6.45) is 0.806. The second-order valence-electron chi connectivity index (χ2n) is 6.86. The van der Waals surface area contributed by atoms with Crippen LogP contribution in [0.3, 0.4) is 0 Å². The number of likely N-dealkylation sites (tertiary alicyclic amines) is 1. The van der Waals surface area contributed by atoms with Crippen LogP contribution in [0.5, 0.6) is 0 Å². The van der Waals surface area contributed by atoms with Crippen LogP contribution in [0.2, 0.25) is 0 Å². The first-order valence-corrected chi connectivity index (χ1v) is 8.44. The minimum Gasteiger partial charge on any atom is -0.336 e. The fraction of sp³-hybridized carbons (Fsp3) is 0.917. The average molecular weight is 296 g/mol. The van der Waals surface area contributed by atoms with Crippen molar-refractivity contribution in [3.8, 4) is 0 Å². The molecule has 1 atom stereocenters. The number of halogens is 1. The van der Waals surface area contributed by atoms with Gasteiger partial charge in [-0.15, -0.1) is 0 Å². The number of nitrogens with zero attached hydrogens (tertiary/aromatic N) is 1. The van der Waals surface area contributed by atoms with Crippen molar-refractivity contribution in [2.24, 2.45) is 5.41 Å². The van der Waals surface area contributed by atoms with Crippen molar-refractivity contribution in [2.45, 2.75) is 58.2 Å². The third kappa shape index (κ3) is 3.85. The predicted octanol–water partition coefficient (Wildman–Crippen LogP) is 2.37. The molecule has 1 heterocycles. The van der Waals surface area contributed by atoms with E-state index in [4.69, 9.17) is 10.7 Å². The molecule has 0 N–H and O–H groups in total. The normalized spacial score (nSPS) is 22.7. The molecular formula is C12H22ClNO3S. The quantitative estimate of drug-likeness (QED) is 0.751. The molecule has 1 fully saturated rings. The summed E-state index contributed by atoms with van der Waals surface area (Å²) in [5.74, 6) is -0.126. The highest BCUT2D eigenvalue weighted by atomic mass is 35.7. The Morgan fingerprint density at radius 3 is 2.11 bits per heavy atom. The highest BCUT2D eigenvalue weighted by molar-refractivity contribution is 8.14. The maximum Gasteiger partial charge on any atom is 0.237 e. The van der Waals surface area contributed by atoms with E-state index >= 15 is 0 Å².